The topological polar surface area (TPSA) is 51.2 Å². The molecule has 0 aliphatic rings. The van der Waals surface area contributed by atoms with Crippen LogP contribution in [-0.2, 0) is 10.9 Å². The second kappa shape index (κ2) is 5.07. The van der Waals surface area contributed by atoms with E-state index >= 15 is 0 Å². The van der Waals surface area contributed by atoms with E-state index in [2.05, 4.69) is 10.3 Å². The number of amides is 1. The van der Waals surface area contributed by atoms with Crippen molar-refractivity contribution in [1.29, 1.82) is 0 Å². The molecule has 0 radical (unpaired) electrons. The monoisotopic (exact) mass is 276 g/mol. The summed E-state index contributed by atoms with van der Waals surface area (Å²) in [6.45, 7) is 6.39. The van der Waals surface area contributed by atoms with E-state index in [0.29, 0.717) is 0 Å². The number of alkyl halides is 3. The largest absolute Gasteiger partial charge is 0.444 e. The van der Waals surface area contributed by atoms with Crippen molar-refractivity contribution in [2.45, 2.75) is 39.5 Å². The van der Waals surface area contributed by atoms with Crippen LogP contribution in [0.5, 0.6) is 0 Å². The van der Waals surface area contributed by atoms with Gasteiger partial charge in [-0.2, -0.15) is 13.2 Å². The molecular weight excluding hydrogens is 261 g/mol. The number of nitrogens with zero attached hydrogens (tertiary/aromatic N) is 1. The first-order chi connectivity index (χ1) is 8.47. The summed E-state index contributed by atoms with van der Waals surface area (Å²) in [5, 5.41) is 2.25. The average molecular weight is 276 g/mol. The van der Waals surface area contributed by atoms with Gasteiger partial charge in [0.25, 0.3) is 0 Å². The van der Waals surface area contributed by atoms with E-state index in [1.165, 1.54) is 13.0 Å². The van der Waals surface area contributed by atoms with Gasteiger partial charge in [-0.3, -0.25) is 5.32 Å². The zero-order chi connectivity index (χ0) is 14.8. The summed E-state index contributed by atoms with van der Waals surface area (Å²) in [4.78, 5) is 14.8. The van der Waals surface area contributed by atoms with Crippen LogP contribution in [0.1, 0.15) is 32.2 Å². The summed E-state index contributed by atoms with van der Waals surface area (Å²) in [5.74, 6) is 0. The number of ether oxygens (including phenoxy) is 1. The normalized spacial score (nSPS) is 12.2. The number of hydrogen-bond acceptors (Lipinski definition) is 3. The molecule has 0 aliphatic carbocycles. The number of carbonyl (C=O) groups is 1. The minimum absolute atomic E-state index is 0.00549. The van der Waals surface area contributed by atoms with Crippen LogP contribution in [-0.4, -0.2) is 16.7 Å². The molecule has 1 N–H and O–H groups in total. The number of halogens is 3. The number of rotatable bonds is 1. The van der Waals surface area contributed by atoms with Gasteiger partial charge >= 0.3 is 12.3 Å². The van der Waals surface area contributed by atoms with Crippen molar-refractivity contribution in [2.75, 3.05) is 5.32 Å². The van der Waals surface area contributed by atoms with E-state index in [1.54, 1.807) is 20.8 Å². The lowest BCUT2D eigenvalue weighted by Crippen LogP contribution is -2.27. The SMILES string of the molecule is Cc1cc(NC(=O)OC(C)(C)C)cc(C(F)(F)F)n1. The summed E-state index contributed by atoms with van der Waals surface area (Å²) in [5.41, 5.74) is -1.63. The van der Waals surface area contributed by atoms with Crippen molar-refractivity contribution < 1.29 is 22.7 Å². The Labute approximate surface area is 109 Å². The summed E-state index contributed by atoms with van der Waals surface area (Å²) in [6, 6.07) is 2.09. The Hall–Kier alpha value is -1.79. The number of anilines is 1. The minimum atomic E-state index is -4.56. The average Bonchev–Trinajstić information content (AvgIpc) is 2.11. The number of nitrogens with one attached hydrogen (secondary N) is 1. The first-order valence-electron chi connectivity index (χ1n) is 5.53. The molecule has 1 aromatic heterocycles. The van der Waals surface area contributed by atoms with Gasteiger partial charge in [0.2, 0.25) is 0 Å². The van der Waals surface area contributed by atoms with E-state index in [0.717, 1.165) is 6.07 Å². The molecule has 1 heterocycles. The molecule has 1 rings (SSSR count). The lowest BCUT2D eigenvalue weighted by atomic mass is 10.2. The van der Waals surface area contributed by atoms with E-state index in [1.807, 2.05) is 0 Å². The van der Waals surface area contributed by atoms with Crippen molar-refractivity contribution in [3.05, 3.63) is 23.5 Å². The van der Waals surface area contributed by atoms with Crippen molar-refractivity contribution in [2.24, 2.45) is 0 Å². The maximum atomic E-state index is 12.6. The Morgan fingerprint density at radius 2 is 1.84 bits per heavy atom. The Bertz CT molecular complexity index is 479. The number of aromatic nitrogens is 1. The van der Waals surface area contributed by atoms with Gasteiger partial charge in [-0.25, -0.2) is 9.78 Å². The minimum Gasteiger partial charge on any atom is -0.444 e. The molecule has 0 saturated carbocycles. The second-order valence-electron chi connectivity index (χ2n) is 5.01. The molecule has 0 atom stereocenters. The van der Waals surface area contributed by atoms with Crippen LogP contribution in [0.4, 0.5) is 23.7 Å². The van der Waals surface area contributed by atoms with Crippen LogP contribution in [0.25, 0.3) is 0 Å². The standard InChI is InChI=1S/C12H15F3N2O2/c1-7-5-8(6-9(16-7)12(13,14)15)17-10(18)19-11(2,3)4/h5-6H,1-4H3,(H,16,17,18). The van der Waals surface area contributed by atoms with E-state index in [-0.39, 0.29) is 11.4 Å². The van der Waals surface area contributed by atoms with Gasteiger partial charge in [-0.1, -0.05) is 0 Å². The quantitative estimate of drug-likeness (QED) is 0.849. The third kappa shape index (κ3) is 5.15. The van der Waals surface area contributed by atoms with E-state index < -0.39 is 23.6 Å². The van der Waals surface area contributed by atoms with Gasteiger partial charge in [0.15, 0.2) is 0 Å². The molecule has 0 saturated heterocycles. The first-order valence-corrected chi connectivity index (χ1v) is 5.53. The zero-order valence-electron chi connectivity index (χ0n) is 11.1. The summed E-state index contributed by atoms with van der Waals surface area (Å²) in [6.07, 6.45) is -5.37. The molecule has 0 unspecified atom stereocenters. The molecule has 1 aromatic rings. The number of carbonyl (C=O) groups excluding carboxylic acids is 1. The first kappa shape index (κ1) is 15.3. The van der Waals surface area contributed by atoms with Gasteiger partial charge < -0.3 is 4.74 Å². The molecule has 0 fully saturated rings. The molecule has 19 heavy (non-hydrogen) atoms. The lowest BCUT2D eigenvalue weighted by Gasteiger charge is -2.20. The summed E-state index contributed by atoms with van der Waals surface area (Å²) in [7, 11) is 0. The highest BCUT2D eigenvalue weighted by Crippen LogP contribution is 2.29. The van der Waals surface area contributed by atoms with Gasteiger partial charge in [0.1, 0.15) is 11.3 Å². The molecular formula is C12H15F3N2O2. The van der Waals surface area contributed by atoms with Crippen molar-refractivity contribution >= 4 is 11.8 Å². The van der Waals surface area contributed by atoms with Crippen LogP contribution < -0.4 is 5.32 Å². The molecule has 1 amide bonds. The van der Waals surface area contributed by atoms with Gasteiger partial charge in [-0.15, -0.1) is 0 Å². The number of hydrogen-bond donors (Lipinski definition) is 1. The number of pyridine rings is 1. The van der Waals surface area contributed by atoms with Crippen LogP contribution >= 0.6 is 0 Å². The fraction of sp³-hybridized carbons (Fsp3) is 0.500. The second-order valence-corrected chi connectivity index (χ2v) is 5.01. The van der Waals surface area contributed by atoms with Crippen molar-refractivity contribution in [3.8, 4) is 0 Å². The maximum absolute atomic E-state index is 12.6. The van der Waals surface area contributed by atoms with E-state index in [9.17, 15) is 18.0 Å². The Morgan fingerprint density at radius 1 is 1.26 bits per heavy atom. The molecule has 7 heteroatoms. The Morgan fingerprint density at radius 3 is 2.32 bits per heavy atom. The Kier molecular flexibility index (Phi) is 4.07. The molecule has 0 aromatic carbocycles. The molecule has 0 spiro atoms. The van der Waals surface area contributed by atoms with Crippen LogP contribution in [0.15, 0.2) is 12.1 Å². The van der Waals surface area contributed by atoms with Crippen molar-refractivity contribution in [1.82, 2.24) is 4.98 Å². The predicted molar refractivity (Wildman–Crippen MR) is 63.8 cm³/mol. The maximum Gasteiger partial charge on any atom is 0.433 e. The smallest absolute Gasteiger partial charge is 0.433 e. The fourth-order valence-corrected chi connectivity index (χ4v) is 1.31. The lowest BCUT2D eigenvalue weighted by molar-refractivity contribution is -0.141. The third-order valence-corrected chi connectivity index (χ3v) is 1.89. The molecule has 106 valence electrons. The third-order valence-electron chi connectivity index (χ3n) is 1.89. The Balaban J connectivity index is 2.91. The van der Waals surface area contributed by atoms with Crippen LogP contribution in [0.2, 0.25) is 0 Å². The molecule has 4 nitrogen and oxygen atoms in total. The highest BCUT2D eigenvalue weighted by molar-refractivity contribution is 5.84. The van der Waals surface area contributed by atoms with Gasteiger partial charge in [-0.05, 0) is 39.8 Å². The highest BCUT2D eigenvalue weighted by Gasteiger charge is 2.33. The van der Waals surface area contributed by atoms with E-state index in [4.69, 9.17) is 4.74 Å². The highest BCUT2D eigenvalue weighted by atomic mass is 19.4. The zero-order valence-corrected chi connectivity index (χ0v) is 11.1. The van der Waals surface area contributed by atoms with Gasteiger partial charge in [0.05, 0.1) is 0 Å². The predicted octanol–water partition coefficient (Wildman–Crippen LogP) is 3.76. The van der Waals surface area contributed by atoms with Crippen LogP contribution in [0.3, 0.4) is 0 Å². The summed E-state index contributed by atoms with van der Waals surface area (Å²) < 4.78 is 42.6. The van der Waals surface area contributed by atoms with Crippen molar-refractivity contribution in [3.63, 3.8) is 0 Å². The molecule has 0 aliphatic heterocycles. The fourth-order valence-electron chi connectivity index (χ4n) is 1.31. The summed E-state index contributed by atoms with van der Waals surface area (Å²) >= 11 is 0. The van der Waals surface area contributed by atoms with Crippen LogP contribution in [0, 0.1) is 6.92 Å². The number of aryl methyl sites for hydroxylation is 1. The van der Waals surface area contributed by atoms with Gasteiger partial charge in [0, 0.05) is 11.4 Å². The molecule has 0 bridgehead atoms.